The largest absolute Gasteiger partial charge is 0.405 e. The first-order chi connectivity index (χ1) is 5.38. The zero-order valence-corrected chi connectivity index (χ0v) is 6.20. The summed E-state index contributed by atoms with van der Waals surface area (Å²) in [6.07, 6.45) is 8.55. The molecule has 0 radical (unpaired) electrons. The van der Waals surface area contributed by atoms with Gasteiger partial charge in [-0.1, -0.05) is 12.7 Å². The van der Waals surface area contributed by atoms with Crippen molar-refractivity contribution in [3.63, 3.8) is 0 Å². The van der Waals surface area contributed by atoms with Crippen LogP contribution in [0.15, 0.2) is 31.2 Å². The van der Waals surface area contributed by atoms with E-state index in [-0.39, 0.29) is 0 Å². The summed E-state index contributed by atoms with van der Waals surface area (Å²) in [5, 5.41) is 0. The molecule has 0 aliphatic heterocycles. The molecular weight excluding hydrogens is 136 g/mol. The molecular formula is C9H10N2. The molecule has 2 heteroatoms. The minimum absolute atomic E-state index is 0.995. The molecule has 0 saturated carbocycles. The van der Waals surface area contributed by atoms with Crippen LogP contribution < -0.4 is 5.73 Å². The van der Waals surface area contributed by atoms with Crippen molar-refractivity contribution in [2.75, 3.05) is 0 Å². The van der Waals surface area contributed by atoms with Crippen molar-refractivity contribution in [2.24, 2.45) is 5.73 Å². The van der Waals surface area contributed by atoms with E-state index in [2.05, 4.69) is 11.6 Å². The molecule has 1 heterocycles. The lowest BCUT2D eigenvalue weighted by Gasteiger charge is -1.96. The number of nitrogens with zero attached hydrogens (tertiary/aromatic N) is 1. The van der Waals surface area contributed by atoms with E-state index >= 15 is 0 Å². The van der Waals surface area contributed by atoms with E-state index in [1.165, 1.54) is 6.20 Å². The lowest BCUT2D eigenvalue weighted by molar-refractivity contribution is 1.31. The standard InChI is InChI=1S/C9H10N2/c1-2-8-7-11-6-4-9(8)3-5-10/h2-7H,1,10H2/b5-3-. The van der Waals surface area contributed by atoms with Crippen LogP contribution in [0.1, 0.15) is 11.1 Å². The highest BCUT2D eigenvalue weighted by Crippen LogP contribution is 2.08. The van der Waals surface area contributed by atoms with E-state index in [1.54, 1.807) is 18.5 Å². The van der Waals surface area contributed by atoms with Gasteiger partial charge in [-0.3, -0.25) is 4.98 Å². The van der Waals surface area contributed by atoms with Gasteiger partial charge in [0.2, 0.25) is 0 Å². The van der Waals surface area contributed by atoms with E-state index < -0.39 is 0 Å². The highest BCUT2D eigenvalue weighted by atomic mass is 14.6. The fraction of sp³-hybridized carbons (Fsp3) is 0. The predicted octanol–water partition coefficient (Wildman–Crippen LogP) is 1.65. The van der Waals surface area contributed by atoms with Gasteiger partial charge in [-0.05, 0) is 29.5 Å². The average molecular weight is 146 g/mol. The van der Waals surface area contributed by atoms with Gasteiger partial charge in [0.15, 0.2) is 0 Å². The molecule has 1 rings (SSSR count). The topological polar surface area (TPSA) is 38.9 Å². The van der Waals surface area contributed by atoms with Crippen molar-refractivity contribution in [2.45, 2.75) is 0 Å². The lowest BCUT2D eigenvalue weighted by Crippen LogP contribution is -1.83. The Morgan fingerprint density at radius 1 is 1.45 bits per heavy atom. The van der Waals surface area contributed by atoms with Crippen molar-refractivity contribution in [1.82, 2.24) is 4.98 Å². The van der Waals surface area contributed by atoms with Crippen LogP contribution in [-0.2, 0) is 0 Å². The summed E-state index contributed by atoms with van der Waals surface area (Å²) < 4.78 is 0. The van der Waals surface area contributed by atoms with E-state index in [9.17, 15) is 0 Å². The van der Waals surface area contributed by atoms with Gasteiger partial charge >= 0.3 is 0 Å². The van der Waals surface area contributed by atoms with Gasteiger partial charge < -0.3 is 5.73 Å². The molecule has 0 atom stereocenters. The van der Waals surface area contributed by atoms with E-state index in [4.69, 9.17) is 5.73 Å². The Bertz CT molecular complexity index is 277. The quantitative estimate of drug-likeness (QED) is 0.689. The SMILES string of the molecule is C=Cc1cnccc1/C=C\N. The van der Waals surface area contributed by atoms with E-state index in [0.717, 1.165) is 11.1 Å². The molecule has 0 aliphatic carbocycles. The maximum absolute atomic E-state index is 5.25. The second-order valence-corrected chi connectivity index (χ2v) is 2.07. The normalized spacial score (nSPS) is 10.2. The van der Waals surface area contributed by atoms with Crippen LogP contribution in [0.2, 0.25) is 0 Å². The molecule has 2 nitrogen and oxygen atoms in total. The second kappa shape index (κ2) is 3.56. The van der Waals surface area contributed by atoms with Crippen LogP contribution >= 0.6 is 0 Å². The minimum Gasteiger partial charge on any atom is -0.405 e. The predicted molar refractivity (Wildman–Crippen MR) is 47.5 cm³/mol. The highest BCUT2D eigenvalue weighted by molar-refractivity contribution is 5.62. The first-order valence-electron chi connectivity index (χ1n) is 3.33. The Kier molecular flexibility index (Phi) is 2.44. The molecule has 11 heavy (non-hydrogen) atoms. The Hall–Kier alpha value is -1.57. The van der Waals surface area contributed by atoms with Crippen molar-refractivity contribution in [1.29, 1.82) is 0 Å². The van der Waals surface area contributed by atoms with Gasteiger partial charge in [0.1, 0.15) is 0 Å². The van der Waals surface area contributed by atoms with Gasteiger partial charge in [0.05, 0.1) is 0 Å². The number of rotatable bonds is 2. The molecule has 0 unspecified atom stereocenters. The monoisotopic (exact) mass is 146 g/mol. The fourth-order valence-electron chi connectivity index (χ4n) is 0.843. The maximum Gasteiger partial charge on any atom is 0.0346 e. The van der Waals surface area contributed by atoms with E-state index in [1.807, 2.05) is 12.1 Å². The van der Waals surface area contributed by atoms with Gasteiger partial charge in [-0.25, -0.2) is 0 Å². The molecule has 0 spiro atoms. The van der Waals surface area contributed by atoms with Gasteiger partial charge in [0.25, 0.3) is 0 Å². The molecule has 0 saturated heterocycles. The molecule has 0 aliphatic rings. The van der Waals surface area contributed by atoms with Crippen LogP contribution in [0.5, 0.6) is 0 Å². The minimum atomic E-state index is 0.995. The third-order valence-corrected chi connectivity index (χ3v) is 1.38. The lowest BCUT2D eigenvalue weighted by atomic mass is 10.1. The van der Waals surface area contributed by atoms with Crippen molar-refractivity contribution < 1.29 is 0 Å². The average Bonchev–Trinajstić information content (AvgIpc) is 2.06. The molecule has 0 bridgehead atoms. The van der Waals surface area contributed by atoms with Gasteiger partial charge in [-0.2, -0.15) is 0 Å². The zero-order valence-electron chi connectivity index (χ0n) is 6.20. The third-order valence-electron chi connectivity index (χ3n) is 1.38. The number of nitrogens with two attached hydrogens (primary N) is 1. The summed E-state index contributed by atoms with van der Waals surface area (Å²) in [6, 6.07) is 1.89. The van der Waals surface area contributed by atoms with Gasteiger partial charge in [-0.15, -0.1) is 0 Å². The van der Waals surface area contributed by atoms with Crippen molar-refractivity contribution in [3.05, 3.63) is 42.4 Å². The third kappa shape index (κ3) is 1.67. The number of hydrogen-bond acceptors (Lipinski definition) is 2. The van der Waals surface area contributed by atoms with Crippen molar-refractivity contribution in [3.8, 4) is 0 Å². The highest BCUT2D eigenvalue weighted by Gasteiger charge is 1.91. The summed E-state index contributed by atoms with van der Waals surface area (Å²) in [5.74, 6) is 0. The van der Waals surface area contributed by atoms with Crippen LogP contribution in [0, 0.1) is 0 Å². The molecule has 1 aromatic rings. The van der Waals surface area contributed by atoms with Crippen molar-refractivity contribution >= 4 is 12.2 Å². The molecule has 2 N–H and O–H groups in total. The molecule has 0 aromatic carbocycles. The van der Waals surface area contributed by atoms with Gasteiger partial charge in [0, 0.05) is 12.4 Å². The fourth-order valence-corrected chi connectivity index (χ4v) is 0.843. The Morgan fingerprint density at radius 3 is 2.91 bits per heavy atom. The Morgan fingerprint density at radius 2 is 2.27 bits per heavy atom. The molecule has 0 fully saturated rings. The molecule has 1 aromatic heterocycles. The van der Waals surface area contributed by atoms with Crippen LogP contribution in [0.4, 0.5) is 0 Å². The van der Waals surface area contributed by atoms with E-state index in [0.29, 0.717) is 0 Å². The Balaban J connectivity index is 3.11. The first-order valence-corrected chi connectivity index (χ1v) is 3.33. The Labute approximate surface area is 66.1 Å². The number of hydrogen-bond donors (Lipinski definition) is 1. The summed E-state index contributed by atoms with van der Waals surface area (Å²) in [5.41, 5.74) is 7.28. The number of pyridine rings is 1. The summed E-state index contributed by atoms with van der Waals surface area (Å²) in [6.45, 7) is 3.66. The second-order valence-electron chi connectivity index (χ2n) is 2.07. The zero-order chi connectivity index (χ0) is 8.10. The summed E-state index contributed by atoms with van der Waals surface area (Å²) >= 11 is 0. The molecule has 56 valence electrons. The van der Waals surface area contributed by atoms with Crippen LogP contribution in [-0.4, -0.2) is 4.98 Å². The van der Waals surface area contributed by atoms with Crippen LogP contribution in [0.25, 0.3) is 12.2 Å². The first kappa shape index (κ1) is 7.54. The molecule has 0 amide bonds. The summed E-state index contributed by atoms with van der Waals surface area (Å²) in [4.78, 5) is 3.95. The number of aromatic nitrogens is 1. The maximum atomic E-state index is 5.25. The summed E-state index contributed by atoms with van der Waals surface area (Å²) in [7, 11) is 0. The smallest absolute Gasteiger partial charge is 0.0346 e. The van der Waals surface area contributed by atoms with Crippen LogP contribution in [0.3, 0.4) is 0 Å².